The van der Waals surface area contributed by atoms with Crippen molar-refractivity contribution in [3.8, 4) is 0 Å². The van der Waals surface area contributed by atoms with Gasteiger partial charge in [0.1, 0.15) is 0 Å². The van der Waals surface area contributed by atoms with Crippen molar-refractivity contribution in [2.75, 3.05) is 39.4 Å². The van der Waals surface area contributed by atoms with Gasteiger partial charge in [0.15, 0.2) is 0 Å². The summed E-state index contributed by atoms with van der Waals surface area (Å²) >= 11 is 6.11. The number of nitrogens with one attached hydrogen (secondary N) is 1. The average molecular weight is 283 g/mol. The van der Waals surface area contributed by atoms with Crippen molar-refractivity contribution in [3.05, 3.63) is 34.3 Å². The van der Waals surface area contributed by atoms with Crippen LogP contribution in [0.5, 0.6) is 0 Å². The Labute approximate surface area is 120 Å². The van der Waals surface area contributed by atoms with E-state index >= 15 is 0 Å². The first-order valence-corrected chi connectivity index (χ1v) is 7.39. The number of rotatable bonds is 6. The molecule has 1 heterocycles. The molecular weight excluding hydrogens is 260 g/mol. The summed E-state index contributed by atoms with van der Waals surface area (Å²) in [5, 5.41) is 4.33. The minimum Gasteiger partial charge on any atom is -0.379 e. The van der Waals surface area contributed by atoms with Crippen LogP contribution in [0.1, 0.15) is 17.5 Å². The fraction of sp³-hybridized carbons (Fsp3) is 0.600. The number of benzene rings is 1. The van der Waals surface area contributed by atoms with Crippen LogP contribution in [0, 0.1) is 6.92 Å². The second-order valence-corrected chi connectivity index (χ2v) is 5.48. The van der Waals surface area contributed by atoms with Gasteiger partial charge in [-0.05, 0) is 43.6 Å². The van der Waals surface area contributed by atoms with E-state index in [0.717, 1.165) is 56.5 Å². The Morgan fingerprint density at radius 2 is 2.11 bits per heavy atom. The Morgan fingerprint density at radius 1 is 1.32 bits per heavy atom. The average Bonchev–Trinajstić information content (AvgIpc) is 2.43. The molecule has 0 atom stereocenters. The molecule has 1 saturated heterocycles. The number of nitrogens with zero attached hydrogens (tertiary/aromatic N) is 1. The highest BCUT2D eigenvalue weighted by molar-refractivity contribution is 6.31. The standard InChI is InChI=1S/C15H23ClN2O/c1-13-3-4-14(11-15(13)16)12-17-5-2-6-18-7-9-19-10-8-18/h3-4,11,17H,2,5-10,12H2,1H3. The molecule has 0 radical (unpaired) electrons. The molecule has 0 spiro atoms. The number of ether oxygens (including phenoxy) is 1. The SMILES string of the molecule is Cc1ccc(CNCCCN2CCOCC2)cc1Cl. The van der Waals surface area contributed by atoms with Gasteiger partial charge in [-0.15, -0.1) is 0 Å². The molecule has 1 N–H and O–H groups in total. The normalized spacial score (nSPS) is 16.7. The lowest BCUT2D eigenvalue weighted by Gasteiger charge is -2.26. The van der Waals surface area contributed by atoms with Crippen LogP contribution in [-0.2, 0) is 11.3 Å². The molecule has 0 bridgehead atoms. The van der Waals surface area contributed by atoms with Crippen LogP contribution in [-0.4, -0.2) is 44.3 Å². The van der Waals surface area contributed by atoms with Gasteiger partial charge < -0.3 is 10.1 Å². The molecule has 4 heteroatoms. The van der Waals surface area contributed by atoms with Gasteiger partial charge in [-0.2, -0.15) is 0 Å². The van der Waals surface area contributed by atoms with Gasteiger partial charge in [0.2, 0.25) is 0 Å². The Morgan fingerprint density at radius 3 is 2.84 bits per heavy atom. The monoisotopic (exact) mass is 282 g/mol. The second-order valence-electron chi connectivity index (χ2n) is 5.07. The Balaban J connectivity index is 1.59. The molecule has 1 aliphatic heterocycles. The first-order valence-electron chi connectivity index (χ1n) is 7.01. The van der Waals surface area contributed by atoms with Gasteiger partial charge in [-0.1, -0.05) is 23.7 Å². The van der Waals surface area contributed by atoms with Gasteiger partial charge in [0, 0.05) is 24.7 Å². The van der Waals surface area contributed by atoms with E-state index in [4.69, 9.17) is 16.3 Å². The minimum absolute atomic E-state index is 0.854. The lowest BCUT2D eigenvalue weighted by atomic mass is 10.1. The van der Waals surface area contributed by atoms with Crippen molar-refractivity contribution in [1.82, 2.24) is 10.2 Å². The summed E-state index contributed by atoms with van der Waals surface area (Å²) in [5.41, 5.74) is 2.39. The van der Waals surface area contributed by atoms with Gasteiger partial charge >= 0.3 is 0 Å². The van der Waals surface area contributed by atoms with E-state index in [-0.39, 0.29) is 0 Å². The fourth-order valence-electron chi connectivity index (χ4n) is 2.23. The molecule has 1 aromatic rings. The molecule has 2 rings (SSSR count). The van der Waals surface area contributed by atoms with Crippen LogP contribution in [0.15, 0.2) is 18.2 Å². The summed E-state index contributed by atoms with van der Waals surface area (Å²) in [7, 11) is 0. The van der Waals surface area contributed by atoms with Gasteiger partial charge in [-0.3, -0.25) is 4.90 Å². The number of aryl methyl sites for hydroxylation is 1. The number of morpholine rings is 1. The Hall–Kier alpha value is -0.610. The highest BCUT2D eigenvalue weighted by atomic mass is 35.5. The van der Waals surface area contributed by atoms with Crippen molar-refractivity contribution in [2.24, 2.45) is 0 Å². The van der Waals surface area contributed by atoms with Crippen LogP contribution in [0.25, 0.3) is 0 Å². The molecule has 19 heavy (non-hydrogen) atoms. The van der Waals surface area contributed by atoms with Crippen LogP contribution < -0.4 is 5.32 Å². The van der Waals surface area contributed by atoms with E-state index < -0.39 is 0 Å². The molecule has 0 unspecified atom stereocenters. The zero-order valence-corrected chi connectivity index (χ0v) is 12.4. The summed E-state index contributed by atoms with van der Waals surface area (Å²) in [6.45, 7) is 9.05. The predicted octanol–water partition coefficient (Wildman–Crippen LogP) is 2.46. The summed E-state index contributed by atoms with van der Waals surface area (Å²) < 4.78 is 5.34. The predicted molar refractivity (Wildman–Crippen MR) is 79.8 cm³/mol. The van der Waals surface area contributed by atoms with Gasteiger partial charge in [-0.25, -0.2) is 0 Å². The lowest BCUT2D eigenvalue weighted by Crippen LogP contribution is -2.37. The van der Waals surface area contributed by atoms with Crippen molar-refractivity contribution < 1.29 is 4.74 Å². The maximum absolute atomic E-state index is 6.11. The van der Waals surface area contributed by atoms with Gasteiger partial charge in [0.25, 0.3) is 0 Å². The molecule has 1 aromatic carbocycles. The highest BCUT2D eigenvalue weighted by Gasteiger charge is 2.08. The minimum atomic E-state index is 0.854. The number of hydrogen-bond acceptors (Lipinski definition) is 3. The third-order valence-electron chi connectivity index (χ3n) is 3.50. The van der Waals surface area contributed by atoms with Crippen molar-refractivity contribution in [1.29, 1.82) is 0 Å². The van der Waals surface area contributed by atoms with E-state index in [0.29, 0.717) is 0 Å². The Kier molecular flexibility index (Phi) is 6.11. The molecule has 0 aliphatic carbocycles. The molecule has 1 fully saturated rings. The molecule has 0 aromatic heterocycles. The molecule has 106 valence electrons. The zero-order chi connectivity index (χ0) is 13.5. The van der Waals surface area contributed by atoms with Crippen LogP contribution in [0.2, 0.25) is 5.02 Å². The second kappa shape index (κ2) is 7.85. The third-order valence-corrected chi connectivity index (χ3v) is 3.90. The first-order chi connectivity index (χ1) is 9.25. The molecule has 3 nitrogen and oxygen atoms in total. The molecule has 0 amide bonds. The van der Waals surface area contributed by atoms with E-state index in [1.165, 1.54) is 12.0 Å². The topological polar surface area (TPSA) is 24.5 Å². The molecule has 1 aliphatic rings. The van der Waals surface area contributed by atoms with E-state index in [9.17, 15) is 0 Å². The largest absolute Gasteiger partial charge is 0.379 e. The van der Waals surface area contributed by atoms with Crippen molar-refractivity contribution >= 4 is 11.6 Å². The highest BCUT2D eigenvalue weighted by Crippen LogP contribution is 2.16. The van der Waals surface area contributed by atoms with Crippen LogP contribution >= 0.6 is 11.6 Å². The summed E-state index contributed by atoms with van der Waals surface area (Å²) in [4.78, 5) is 2.47. The first kappa shape index (κ1) is 14.8. The smallest absolute Gasteiger partial charge is 0.0594 e. The summed E-state index contributed by atoms with van der Waals surface area (Å²) in [6, 6.07) is 6.26. The van der Waals surface area contributed by atoms with E-state index in [1.807, 2.05) is 13.0 Å². The lowest BCUT2D eigenvalue weighted by molar-refractivity contribution is 0.0374. The third kappa shape index (κ3) is 5.11. The number of hydrogen-bond donors (Lipinski definition) is 1. The van der Waals surface area contributed by atoms with Crippen LogP contribution in [0.4, 0.5) is 0 Å². The number of halogens is 1. The van der Waals surface area contributed by atoms with E-state index in [2.05, 4.69) is 22.3 Å². The fourth-order valence-corrected chi connectivity index (χ4v) is 2.43. The van der Waals surface area contributed by atoms with Crippen molar-refractivity contribution in [3.63, 3.8) is 0 Å². The maximum atomic E-state index is 6.11. The summed E-state index contributed by atoms with van der Waals surface area (Å²) in [5.74, 6) is 0. The quantitative estimate of drug-likeness (QED) is 0.811. The summed E-state index contributed by atoms with van der Waals surface area (Å²) in [6.07, 6.45) is 1.18. The Bertz CT molecular complexity index is 392. The van der Waals surface area contributed by atoms with Gasteiger partial charge in [0.05, 0.1) is 13.2 Å². The molecule has 0 saturated carbocycles. The van der Waals surface area contributed by atoms with E-state index in [1.54, 1.807) is 0 Å². The van der Waals surface area contributed by atoms with Crippen LogP contribution in [0.3, 0.4) is 0 Å². The molecular formula is C15H23ClN2O. The maximum Gasteiger partial charge on any atom is 0.0594 e. The zero-order valence-electron chi connectivity index (χ0n) is 11.6. The van der Waals surface area contributed by atoms with Crippen molar-refractivity contribution in [2.45, 2.75) is 19.9 Å².